The van der Waals surface area contributed by atoms with Crippen LogP contribution in [0, 0.1) is 12.7 Å². The van der Waals surface area contributed by atoms with Crippen LogP contribution in [0.4, 0.5) is 20.6 Å². The van der Waals surface area contributed by atoms with E-state index in [4.69, 9.17) is 16.3 Å². The molecule has 36 heavy (non-hydrogen) atoms. The van der Waals surface area contributed by atoms with Crippen molar-refractivity contribution in [3.05, 3.63) is 96.2 Å². The summed E-state index contributed by atoms with van der Waals surface area (Å²) in [6, 6.07) is 12.0. The number of imidazole rings is 1. The average molecular weight is 504 g/mol. The first kappa shape index (κ1) is 23.1. The Kier molecular flexibility index (Phi) is 6.33. The van der Waals surface area contributed by atoms with Crippen molar-refractivity contribution in [1.82, 2.24) is 24.7 Å². The lowest BCUT2D eigenvalue weighted by atomic mass is 10.2. The molecule has 5 rings (SSSR count). The van der Waals surface area contributed by atoms with E-state index in [1.54, 1.807) is 59.8 Å². The molecule has 9 nitrogen and oxygen atoms in total. The second kappa shape index (κ2) is 9.88. The van der Waals surface area contributed by atoms with Crippen LogP contribution >= 0.6 is 11.6 Å². The number of aromatic amines is 1. The smallest absolute Gasteiger partial charge is 0.323 e. The molecule has 2 amide bonds. The number of H-pyrrole nitrogens is 1. The predicted molar refractivity (Wildman–Crippen MR) is 134 cm³/mol. The third-order valence-corrected chi connectivity index (χ3v) is 5.31. The van der Waals surface area contributed by atoms with Gasteiger partial charge in [-0.05, 0) is 43.3 Å². The number of rotatable bonds is 6. The molecule has 2 aromatic carbocycles. The molecule has 0 saturated carbocycles. The summed E-state index contributed by atoms with van der Waals surface area (Å²) < 4.78 is 22.2. The minimum Gasteiger partial charge on any atom is -0.454 e. The summed E-state index contributed by atoms with van der Waals surface area (Å²) in [5.74, 6) is -0.237. The number of pyridine rings is 1. The number of urea groups is 1. The van der Waals surface area contributed by atoms with Crippen LogP contribution < -0.4 is 15.4 Å². The summed E-state index contributed by atoms with van der Waals surface area (Å²) in [4.78, 5) is 21.0. The minimum absolute atomic E-state index is 0.000380. The molecule has 180 valence electrons. The van der Waals surface area contributed by atoms with Crippen LogP contribution in [0.25, 0.3) is 16.9 Å². The van der Waals surface area contributed by atoms with Gasteiger partial charge in [0.2, 0.25) is 0 Å². The average Bonchev–Trinajstić information content (AvgIpc) is 3.53. The van der Waals surface area contributed by atoms with Crippen molar-refractivity contribution < 1.29 is 13.9 Å². The van der Waals surface area contributed by atoms with E-state index in [2.05, 4.69) is 30.8 Å². The van der Waals surface area contributed by atoms with Crippen LogP contribution in [0.3, 0.4) is 0 Å². The van der Waals surface area contributed by atoms with Crippen molar-refractivity contribution in [2.24, 2.45) is 0 Å². The fourth-order valence-corrected chi connectivity index (χ4v) is 3.69. The van der Waals surface area contributed by atoms with Crippen molar-refractivity contribution in [3.8, 4) is 28.4 Å². The third kappa shape index (κ3) is 5.34. The Morgan fingerprint density at radius 3 is 2.69 bits per heavy atom. The van der Waals surface area contributed by atoms with Crippen molar-refractivity contribution in [3.63, 3.8) is 0 Å². The molecule has 0 spiro atoms. The Bertz CT molecular complexity index is 1540. The molecule has 0 bridgehead atoms. The van der Waals surface area contributed by atoms with Gasteiger partial charge in [-0.2, -0.15) is 5.10 Å². The molecule has 5 aromatic rings. The largest absolute Gasteiger partial charge is 0.454 e. The van der Waals surface area contributed by atoms with Gasteiger partial charge in [0.25, 0.3) is 0 Å². The van der Waals surface area contributed by atoms with Crippen LogP contribution in [0.2, 0.25) is 5.02 Å². The lowest BCUT2D eigenvalue weighted by Crippen LogP contribution is -2.19. The molecule has 0 fully saturated rings. The molecule has 0 aliphatic heterocycles. The van der Waals surface area contributed by atoms with Crippen LogP contribution in [0.15, 0.2) is 79.6 Å². The van der Waals surface area contributed by atoms with Gasteiger partial charge in [0, 0.05) is 52.7 Å². The summed E-state index contributed by atoms with van der Waals surface area (Å²) in [7, 11) is 0. The molecule has 11 heteroatoms. The fourth-order valence-electron chi connectivity index (χ4n) is 3.46. The highest BCUT2D eigenvalue weighted by Gasteiger charge is 2.11. The molecule has 0 aliphatic rings. The molecule has 0 radical (unpaired) electrons. The van der Waals surface area contributed by atoms with Gasteiger partial charge in [-0.15, -0.1) is 0 Å². The molecule has 0 saturated heterocycles. The zero-order chi connectivity index (χ0) is 25.1. The van der Waals surface area contributed by atoms with E-state index in [9.17, 15) is 9.18 Å². The second-order valence-electron chi connectivity index (χ2n) is 7.81. The van der Waals surface area contributed by atoms with Crippen LogP contribution in [0.1, 0.15) is 5.69 Å². The third-order valence-electron chi connectivity index (χ3n) is 5.09. The number of anilines is 2. The SMILES string of the molecule is Cc1cn(-c2cc(Cl)cc(NC(=O)Nc3ccc(Oc4ccnc(-c5cn[nH]c5)c4)c(F)c3)c2)cn1. The number of benzene rings is 2. The highest BCUT2D eigenvalue weighted by Crippen LogP contribution is 2.29. The van der Waals surface area contributed by atoms with Crippen molar-refractivity contribution in [1.29, 1.82) is 0 Å². The number of nitrogens with zero attached hydrogens (tertiary/aromatic N) is 4. The van der Waals surface area contributed by atoms with E-state index in [0.29, 0.717) is 22.2 Å². The number of aryl methyl sites for hydroxylation is 1. The van der Waals surface area contributed by atoms with Gasteiger partial charge in [-0.3, -0.25) is 10.1 Å². The number of carbonyl (C=O) groups excluding carboxylic acids is 1. The monoisotopic (exact) mass is 503 g/mol. The molecule has 3 heterocycles. The number of carbonyl (C=O) groups is 1. The number of amides is 2. The van der Waals surface area contributed by atoms with E-state index in [0.717, 1.165) is 16.9 Å². The van der Waals surface area contributed by atoms with Crippen molar-refractivity contribution in [2.45, 2.75) is 6.92 Å². The summed E-state index contributed by atoms with van der Waals surface area (Å²) in [6.45, 7) is 1.87. The first-order valence-electron chi connectivity index (χ1n) is 10.7. The molecular formula is C25H19ClFN7O2. The van der Waals surface area contributed by atoms with Gasteiger partial charge < -0.3 is 19.9 Å². The number of nitrogens with one attached hydrogen (secondary N) is 3. The molecule has 0 atom stereocenters. The van der Waals surface area contributed by atoms with Crippen LogP contribution in [0.5, 0.6) is 11.5 Å². The molecule has 3 N–H and O–H groups in total. The highest BCUT2D eigenvalue weighted by molar-refractivity contribution is 6.31. The fraction of sp³-hybridized carbons (Fsp3) is 0.0400. The number of halogens is 2. The van der Waals surface area contributed by atoms with Crippen LogP contribution in [-0.2, 0) is 0 Å². The number of aromatic nitrogens is 5. The molecule has 0 unspecified atom stereocenters. The lowest BCUT2D eigenvalue weighted by molar-refractivity contribution is 0.262. The molecule has 3 aromatic heterocycles. The minimum atomic E-state index is -0.644. The van der Waals surface area contributed by atoms with Gasteiger partial charge in [0.1, 0.15) is 5.75 Å². The maximum absolute atomic E-state index is 14.7. The molecular weight excluding hydrogens is 485 g/mol. The zero-order valence-corrected chi connectivity index (χ0v) is 19.6. The summed E-state index contributed by atoms with van der Waals surface area (Å²) in [5, 5.41) is 12.4. The van der Waals surface area contributed by atoms with E-state index in [1.807, 2.05) is 13.1 Å². The first-order chi connectivity index (χ1) is 17.4. The zero-order valence-electron chi connectivity index (χ0n) is 18.9. The van der Waals surface area contributed by atoms with Gasteiger partial charge in [-0.25, -0.2) is 14.2 Å². The Morgan fingerprint density at radius 1 is 1.08 bits per heavy atom. The van der Waals surface area contributed by atoms with E-state index in [1.165, 1.54) is 18.2 Å². The second-order valence-corrected chi connectivity index (χ2v) is 8.25. The van der Waals surface area contributed by atoms with E-state index in [-0.39, 0.29) is 11.4 Å². The van der Waals surface area contributed by atoms with Crippen molar-refractivity contribution in [2.75, 3.05) is 10.6 Å². The lowest BCUT2D eigenvalue weighted by Gasteiger charge is -2.12. The first-order valence-corrected chi connectivity index (χ1v) is 11.1. The maximum Gasteiger partial charge on any atom is 0.323 e. The summed E-state index contributed by atoms with van der Waals surface area (Å²) in [5.41, 5.74) is 3.70. The standard InChI is InChI=1S/C25H19ClFN7O2/c1-15-13-34(14-29-15)20-7-17(26)6-19(8-20)33-25(35)32-18-2-3-24(22(27)9-18)36-21-4-5-28-23(10-21)16-11-30-31-12-16/h2-14H,1H3,(H,30,31)(H2,32,33,35). The van der Waals surface area contributed by atoms with Crippen LogP contribution in [-0.4, -0.2) is 30.8 Å². The number of hydrogen-bond acceptors (Lipinski definition) is 5. The summed E-state index contributed by atoms with van der Waals surface area (Å²) >= 11 is 6.22. The topological polar surface area (TPSA) is 110 Å². The normalized spacial score (nSPS) is 10.8. The summed E-state index contributed by atoms with van der Waals surface area (Å²) in [6.07, 6.45) is 8.38. The molecule has 0 aliphatic carbocycles. The Labute approximate surface area is 209 Å². The number of hydrogen-bond donors (Lipinski definition) is 3. The Morgan fingerprint density at radius 2 is 1.94 bits per heavy atom. The van der Waals surface area contributed by atoms with Gasteiger partial charge >= 0.3 is 6.03 Å². The Hall–Kier alpha value is -4.70. The van der Waals surface area contributed by atoms with Gasteiger partial charge in [0.05, 0.1) is 29.6 Å². The van der Waals surface area contributed by atoms with E-state index < -0.39 is 11.8 Å². The van der Waals surface area contributed by atoms with Gasteiger partial charge in [-0.1, -0.05) is 11.6 Å². The quantitative estimate of drug-likeness (QED) is 0.256. The Balaban J connectivity index is 1.26. The predicted octanol–water partition coefficient (Wildman–Crippen LogP) is 6.19. The van der Waals surface area contributed by atoms with Gasteiger partial charge in [0.15, 0.2) is 11.6 Å². The van der Waals surface area contributed by atoms with E-state index >= 15 is 0 Å². The highest BCUT2D eigenvalue weighted by atomic mass is 35.5. The number of ether oxygens (including phenoxy) is 1. The maximum atomic E-state index is 14.7. The van der Waals surface area contributed by atoms with Crippen molar-refractivity contribution >= 4 is 29.0 Å².